The number of aliphatic hydroxyl groups is 1. The number of methoxy groups -OCH3 is 2. The second-order valence-electron chi connectivity index (χ2n) is 6.27. The third-order valence-electron chi connectivity index (χ3n) is 4.30. The number of nitrogens with one attached hydrogen (secondary N) is 2. The van der Waals surface area contributed by atoms with E-state index < -0.39 is 11.9 Å². The van der Waals surface area contributed by atoms with E-state index in [1.807, 2.05) is 26.0 Å². The smallest absolute Gasteiger partial charge is 0.191 e. The van der Waals surface area contributed by atoms with Crippen molar-refractivity contribution in [2.45, 2.75) is 26.0 Å². The molecule has 2 unspecified atom stereocenters. The van der Waals surface area contributed by atoms with Crippen molar-refractivity contribution >= 4 is 29.9 Å². The lowest BCUT2D eigenvalue weighted by Gasteiger charge is -2.19. The molecule has 0 saturated carbocycles. The van der Waals surface area contributed by atoms with Crippen LogP contribution in [0, 0.1) is 5.82 Å². The van der Waals surface area contributed by atoms with Crippen LogP contribution in [0.1, 0.15) is 37.1 Å². The predicted molar refractivity (Wildman–Crippen MR) is 124 cm³/mol. The number of hydrogen-bond acceptors (Lipinski definition) is 4. The SMILES string of the molecule is CCNC(=NCC(O)c1ccc(OC)cc1)NC(C)c1ccc(OC)c(F)c1.I. The molecule has 3 N–H and O–H groups in total. The van der Waals surface area contributed by atoms with E-state index in [-0.39, 0.29) is 42.3 Å². The van der Waals surface area contributed by atoms with Crippen LogP contribution in [-0.2, 0) is 0 Å². The minimum atomic E-state index is -0.741. The van der Waals surface area contributed by atoms with Crippen LogP contribution in [-0.4, -0.2) is 38.4 Å². The molecule has 2 aromatic carbocycles. The highest BCUT2D eigenvalue weighted by Crippen LogP contribution is 2.22. The maximum Gasteiger partial charge on any atom is 0.191 e. The Morgan fingerprint density at radius 1 is 1.10 bits per heavy atom. The third-order valence-corrected chi connectivity index (χ3v) is 4.30. The maximum absolute atomic E-state index is 14.0. The summed E-state index contributed by atoms with van der Waals surface area (Å²) in [6, 6.07) is 11.9. The van der Waals surface area contributed by atoms with Gasteiger partial charge >= 0.3 is 0 Å². The molecule has 8 heteroatoms. The van der Waals surface area contributed by atoms with Gasteiger partial charge in [-0.2, -0.15) is 0 Å². The van der Waals surface area contributed by atoms with Gasteiger partial charge in [-0.05, 0) is 49.2 Å². The van der Waals surface area contributed by atoms with Crippen molar-refractivity contribution in [3.8, 4) is 11.5 Å². The third kappa shape index (κ3) is 7.36. The number of halogens is 2. The number of hydrogen-bond donors (Lipinski definition) is 3. The normalized spacial score (nSPS) is 13.1. The molecular formula is C21H29FIN3O3. The average molecular weight is 517 g/mol. The summed E-state index contributed by atoms with van der Waals surface area (Å²) < 4.78 is 24.0. The van der Waals surface area contributed by atoms with Gasteiger partial charge in [0.25, 0.3) is 0 Å². The number of ether oxygens (including phenoxy) is 2. The Balaban J connectivity index is 0.00000420. The van der Waals surface area contributed by atoms with E-state index in [1.165, 1.54) is 13.2 Å². The standard InChI is InChI=1S/C21H28FN3O3.HI/c1-5-23-21(24-13-19(26)15-6-9-17(27-3)10-7-15)25-14(2)16-8-11-20(28-4)18(22)12-16;/h6-12,14,19,26H,5,13H2,1-4H3,(H2,23,24,25);1H. The first-order valence-corrected chi connectivity index (χ1v) is 9.18. The van der Waals surface area contributed by atoms with Crippen LogP contribution in [0.3, 0.4) is 0 Å². The Morgan fingerprint density at radius 3 is 2.31 bits per heavy atom. The summed E-state index contributed by atoms with van der Waals surface area (Å²) in [6.07, 6.45) is -0.741. The molecule has 6 nitrogen and oxygen atoms in total. The van der Waals surface area contributed by atoms with Crippen molar-refractivity contribution in [2.24, 2.45) is 4.99 Å². The van der Waals surface area contributed by atoms with E-state index in [4.69, 9.17) is 9.47 Å². The van der Waals surface area contributed by atoms with Crippen molar-refractivity contribution in [2.75, 3.05) is 27.3 Å². The Labute approximate surface area is 188 Å². The number of benzene rings is 2. The molecule has 0 bridgehead atoms. The summed E-state index contributed by atoms with van der Waals surface area (Å²) in [6.45, 7) is 4.71. The molecule has 0 heterocycles. The highest BCUT2D eigenvalue weighted by molar-refractivity contribution is 14.0. The Hall–Kier alpha value is -2.07. The summed E-state index contributed by atoms with van der Waals surface area (Å²) >= 11 is 0. The van der Waals surface area contributed by atoms with Gasteiger partial charge in [0, 0.05) is 6.54 Å². The summed E-state index contributed by atoms with van der Waals surface area (Å²) in [4.78, 5) is 4.45. The molecule has 0 aliphatic heterocycles. The molecule has 0 aliphatic carbocycles. The highest BCUT2D eigenvalue weighted by Gasteiger charge is 2.12. The van der Waals surface area contributed by atoms with Gasteiger partial charge in [-0.25, -0.2) is 4.39 Å². The molecule has 0 fully saturated rings. The molecule has 0 saturated heterocycles. The van der Waals surface area contributed by atoms with Gasteiger partial charge in [0.05, 0.1) is 32.9 Å². The van der Waals surface area contributed by atoms with Crippen LogP contribution in [0.4, 0.5) is 4.39 Å². The maximum atomic E-state index is 14.0. The van der Waals surface area contributed by atoms with Crippen LogP contribution in [0.2, 0.25) is 0 Å². The van der Waals surface area contributed by atoms with E-state index in [0.29, 0.717) is 12.5 Å². The Morgan fingerprint density at radius 2 is 1.76 bits per heavy atom. The quantitative estimate of drug-likeness (QED) is 0.282. The van der Waals surface area contributed by atoms with Crippen molar-refractivity contribution in [3.63, 3.8) is 0 Å². The lowest BCUT2D eigenvalue weighted by Crippen LogP contribution is -2.39. The van der Waals surface area contributed by atoms with Crippen LogP contribution in [0.15, 0.2) is 47.5 Å². The van der Waals surface area contributed by atoms with Crippen molar-refractivity contribution in [1.82, 2.24) is 10.6 Å². The fraction of sp³-hybridized carbons (Fsp3) is 0.381. The largest absolute Gasteiger partial charge is 0.497 e. The van der Waals surface area contributed by atoms with Crippen molar-refractivity contribution < 1.29 is 19.0 Å². The van der Waals surface area contributed by atoms with E-state index in [9.17, 15) is 9.50 Å². The Bertz CT molecular complexity index is 787. The average Bonchev–Trinajstić information content (AvgIpc) is 2.71. The first kappa shape index (κ1) is 25.0. The number of aliphatic imine (C=N–C) groups is 1. The molecule has 2 atom stereocenters. The zero-order chi connectivity index (χ0) is 20.5. The molecule has 0 radical (unpaired) electrons. The number of aliphatic hydroxyl groups excluding tert-OH is 1. The Kier molecular flexibility index (Phi) is 10.7. The molecular weight excluding hydrogens is 488 g/mol. The summed E-state index contributed by atoms with van der Waals surface area (Å²) in [7, 11) is 3.03. The molecule has 0 aromatic heterocycles. The number of nitrogens with zero attached hydrogens (tertiary/aromatic N) is 1. The van der Waals surface area contributed by atoms with Crippen LogP contribution >= 0.6 is 24.0 Å². The zero-order valence-electron chi connectivity index (χ0n) is 17.1. The monoisotopic (exact) mass is 517 g/mol. The molecule has 2 rings (SSSR count). The van der Waals surface area contributed by atoms with Gasteiger partial charge in [0.15, 0.2) is 17.5 Å². The first-order valence-electron chi connectivity index (χ1n) is 9.18. The second-order valence-corrected chi connectivity index (χ2v) is 6.27. The van der Waals surface area contributed by atoms with E-state index in [0.717, 1.165) is 16.9 Å². The van der Waals surface area contributed by atoms with Crippen LogP contribution in [0.25, 0.3) is 0 Å². The number of guanidine groups is 1. The van der Waals surface area contributed by atoms with Gasteiger partial charge in [-0.3, -0.25) is 4.99 Å². The molecule has 29 heavy (non-hydrogen) atoms. The first-order chi connectivity index (χ1) is 13.5. The summed E-state index contributed by atoms with van der Waals surface area (Å²) in [5.41, 5.74) is 1.52. The zero-order valence-corrected chi connectivity index (χ0v) is 19.4. The van der Waals surface area contributed by atoms with Crippen molar-refractivity contribution in [1.29, 1.82) is 0 Å². The topological polar surface area (TPSA) is 75.1 Å². The summed E-state index contributed by atoms with van der Waals surface area (Å²) in [5.74, 6) is 1.07. The van der Waals surface area contributed by atoms with Crippen LogP contribution < -0.4 is 20.1 Å². The fourth-order valence-corrected chi connectivity index (χ4v) is 2.67. The van der Waals surface area contributed by atoms with Gasteiger partial charge in [-0.1, -0.05) is 18.2 Å². The van der Waals surface area contributed by atoms with E-state index >= 15 is 0 Å². The van der Waals surface area contributed by atoms with Gasteiger partial charge in [-0.15, -0.1) is 24.0 Å². The van der Waals surface area contributed by atoms with E-state index in [2.05, 4.69) is 15.6 Å². The molecule has 160 valence electrons. The lowest BCUT2D eigenvalue weighted by molar-refractivity contribution is 0.187. The second kappa shape index (κ2) is 12.5. The highest BCUT2D eigenvalue weighted by atomic mass is 127. The van der Waals surface area contributed by atoms with Gasteiger partial charge < -0.3 is 25.2 Å². The predicted octanol–water partition coefficient (Wildman–Crippen LogP) is 3.81. The fourth-order valence-electron chi connectivity index (χ4n) is 2.67. The van der Waals surface area contributed by atoms with Crippen LogP contribution in [0.5, 0.6) is 11.5 Å². The number of rotatable bonds is 8. The summed E-state index contributed by atoms with van der Waals surface area (Å²) in [5, 5.41) is 16.7. The molecule has 2 aromatic rings. The van der Waals surface area contributed by atoms with Crippen molar-refractivity contribution in [3.05, 3.63) is 59.4 Å². The minimum Gasteiger partial charge on any atom is -0.497 e. The van der Waals surface area contributed by atoms with Gasteiger partial charge in [0.2, 0.25) is 0 Å². The molecule has 0 spiro atoms. The lowest BCUT2D eigenvalue weighted by atomic mass is 10.1. The van der Waals surface area contributed by atoms with E-state index in [1.54, 1.807) is 31.4 Å². The minimum absolute atomic E-state index is 0. The van der Waals surface area contributed by atoms with Gasteiger partial charge in [0.1, 0.15) is 5.75 Å². The molecule has 0 amide bonds. The molecule has 0 aliphatic rings.